The summed E-state index contributed by atoms with van der Waals surface area (Å²) in [5.41, 5.74) is 0.947. The molecule has 0 saturated heterocycles. The van der Waals surface area contributed by atoms with Gasteiger partial charge >= 0.3 is 7.60 Å². The van der Waals surface area contributed by atoms with Crippen molar-refractivity contribution in [1.29, 1.82) is 0 Å². The Bertz CT molecular complexity index is 429. The summed E-state index contributed by atoms with van der Waals surface area (Å²) in [5, 5.41) is 3.39. The van der Waals surface area contributed by atoms with Gasteiger partial charge in [0, 0.05) is 0 Å². The lowest BCUT2D eigenvalue weighted by Crippen LogP contribution is -2.24. The van der Waals surface area contributed by atoms with Crippen LogP contribution in [0.2, 0.25) is 0 Å². The van der Waals surface area contributed by atoms with Crippen LogP contribution in [0.5, 0.6) is 0 Å². The fourth-order valence-corrected chi connectivity index (χ4v) is 4.37. The molecule has 0 fully saturated rings. The van der Waals surface area contributed by atoms with Gasteiger partial charge in [0.15, 0.2) is 0 Å². The molecule has 0 aliphatic rings. The summed E-state index contributed by atoms with van der Waals surface area (Å²) in [6, 6.07) is 9.78. The van der Waals surface area contributed by atoms with Gasteiger partial charge in [-0.3, -0.25) is 9.88 Å². The van der Waals surface area contributed by atoms with Crippen LogP contribution in [0.1, 0.15) is 57.8 Å². The van der Waals surface area contributed by atoms with Gasteiger partial charge in [0.2, 0.25) is 0 Å². The van der Waals surface area contributed by atoms with Crippen LogP contribution in [0.4, 0.5) is 0 Å². The third-order valence-corrected chi connectivity index (χ3v) is 5.77. The first-order valence-electron chi connectivity index (χ1n) is 8.35. The van der Waals surface area contributed by atoms with Crippen molar-refractivity contribution in [3.63, 3.8) is 0 Å². The van der Waals surface area contributed by atoms with Crippen molar-refractivity contribution in [1.82, 2.24) is 5.32 Å². The Morgan fingerprint density at radius 3 is 2.18 bits per heavy atom. The van der Waals surface area contributed by atoms with E-state index in [1.54, 1.807) is 0 Å². The molecule has 1 unspecified atom stereocenters. The predicted molar refractivity (Wildman–Crippen MR) is 92.2 cm³/mol. The Kier molecular flexibility index (Phi) is 9.65. The zero-order valence-electron chi connectivity index (χ0n) is 14.1. The number of rotatable bonds is 12. The average molecular weight is 327 g/mol. The van der Waals surface area contributed by atoms with Gasteiger partial charge in [-0.15, -0.1) is 0 Å². The second-order valence-electron chi connectivity index (χ2n) is 5.20. The highest BCUT2D eigenvalue weighted by molar-refractivity contribution is 7.54. The lowest BCUT2D eigenvalue weighted by Gasteiger charge is -2.27. The summed E-state index contributed by atoms with van der Waals surface area (Å²) in [7, 11) is -3.22. The molecule has 4 nitrogen and oxygen atoms in total. The van der Waals surface area contributed by atoms with Crippen molar-refractivity contribution >= 4 is 7.60 Å². The maximum Gasteiger partial charge on any atom is 0.351 e. The van der Waals surface area contributed by atoms with Gasteiger partial charge in [0.1, 0.15) is 5.78 Å². The smallest absolute Gasteiger partial charge is 0.308 e. The third kappa shape index (κ3) is 6.21. The van der Waals surface area contributed by atoms with E-state index in [0.717, 1.165) is 18.5 Å². The zero-order valence-corrected chi connectivity index (χ0v) is 15.0. The minimum atomic E-state index is -3.22. The van der Waals surface area contributed by atoms with E-state index in [9.17, 15) is 4.57 Å². The summed E-state index contributed by atoms with van der Waals surface area (Å²) in [4.78, 5) is 0. The minimum Gasteiger partial charge on any atom is -0.308 e. The van der Waals surface area contributed by atoms with Crippen LogP contribution in [0.25, 0.3) is 0 Å². The molecular formula is C17H30NO3P. The highest BCUT2D eigenvalue weighted by Crippen LogP contribution is 2.59. The molecule has 0 aliphatic carbocycles. The van der Waals surface area contributed by atoms with E-state index >= 15 is 0 Å². The van der Waals surface area contributed by atoms with Crippen molar-refractivity contribution in [3.8, 4) is 0 Å². The number of unbranched alkanes of at least 4 members (excludes halogenated alkanes) is 3. The number of nitrogens with one attached hydrogen (secondary N) is 1. The monoisotopic (exact) mass is 327 g/mol. The van der Waals surface area contributed by atoms with Gasteiger partial charge in [0.05, 0.1) is 13.2 Å². The summed E-state index contributed by atoms with van der Waals surface area (Å²) in [6.45, 7) is 7.43. The average Bonchev–Trinajstić information content (AvgIpc) is 2.52. The molecule has 0 spiro atoms. The molecule has 0 amide bonds. The van der Waals surface area contributed by atoms with Gasteiger partial charge in [0.25, 0.3) is 0 Å². The molecule has 1 aromatic rings. The molecule has 0 bridgehead atoms. The Morgan fingerprint density at radius 2 is 1.64 bits per heavy atom. The zero-order chi connectivity index (χ0) is 16.3. The van der Waals surface area contributed by atoms with Crippen LogP contribution in [-0.2, 0) is 13.6 Å². The first kappa shape index (κ1) is 19.4. The highest BCUT2D eigenvalue weighted by Gasteiger charge is 2.36. The Hall–Kier alpha value is -0.670. The van der Waals surface area contributed by atoms with Crippen LogP contribution < -0.4 is 5.32 Å². The summed E-state index contributed by atoms with van der Waals surface area (Å²) < 4.78 is 24.2. The molecule has 1 N–H and O–H groups in total. The summed E-state index contributed by atoms with van der Waals surface area (Å²) in [5.74, 6) is -0.407. The van der Waals surface area contributed by atoms with Gasteiger partial charge in [-0.05, 0) is 32.4 Å². The van der Waals surface area contributed by atoms with Crippen LogP contribution in [0, 0.1) is 0 Å². The van der Waals surface area contributed by atoms with E-state index in [-0.39, 0.29) is 0 Å². The summed E-state index contributed by atoms with van der Waals surface area (Å²) >= 11 is 0. The molecule has 5 heteroatoms. The van der Waals surface area contributed by atoms with Crippen LogP contribution in [-0.4, -0.2) is 19.8 Å². The first-order valence-corrected chi connectivity index (χ1v) is 9.96. The maximum absolute atomic E-state index is 13.1. The maximum atomic E-state index is 13.1. The second-order valence-corrected chi connectivity index (χ2v) is 7.32. The fourth-order valence-electron chi connectivity index (χ4n) is 2.38. The lowest BCUT2D eigenvalue weighted by molar-refractivity contribution is 0.207. The molecule has 0 saturated carbocycles. The van der Waals surface area contributed by atoms with E-state index in [4.69, 9.17) is 9.05 Å². The Morgan fingerprint density at radius 1 is 1.00 bits per heavy atom. The quantitative estimate of drug-likeness (QED) is 0.427. The minimum absolute atomic E-state index is 0.373. The van der Waals surface area contributed by atoms with Crippen molar-refractivity contribution in [2.45, 2.75) is 52.2 Å². The normalized spacial score (nSPS) is 13.2. The van der Waals surface area contributed by atoms with E-state index in [1.807, 2.05) is 44.2 Å². The van der Waals surface area contributed by atoms with Crippen LogP contribution in [0.15, 0.2) is 30.3 Å². The van der Waals surface area contributed by atoms with E-state index in [2.05, 4.69) is 12.2 Å². The van der Waals surface area contributed by atoms with E-state index in [1.165, 1.54) is 19.3 Å². The predicted octanol–water partition coefficient (Wildman–Crippen LogP) is 5.12. The van der Waals surface area contributed by atoms with E-state index in [0.29, 0.717) is 13.2 Å². The van der Waals surface area contributed by atoms with Crippen LogP contribution in [0.3, 0.4) is 0 Å². The Labute approximate surface area is 135 Å². The lowest BCUT2D eigenvalue weighted by atomic mass is 10.2. The van der Waals surface area contributed by atoms with Gasteiger partial charge in [-0.25, -0.2) is 0 Å². The van der Waals surface area contributed by atoms with Crippen molar-refractivity contribution in [2.24, 2.45) is 0 Å². The molecule has 1 rings (SSSR count). The van der Waals surface area contributed by atoms with Crippen LogP contribution >= 0.6 is 7.60 Å². The molecule has 0 radical (unpaired) electrons. The first-order chi connectivity index (χ1) is 10.7. The largest absolute Gasteiger partial charge is 0.351 e. The second kappa shape index (κ2) is 11.0. The molecule has 0 aliphatic heterocycles. The molecule has 126 valence electrons. The third-order valence-electron chi connectivity index (χ3n) is 3.42. The van der Waals surface area contributed by atoms with E-state index < -0.39 is 13.4 Å². The van der Waals surface area contributed by atoms with Gasteiger partial charge in [-0.1, -0.05) is 56.5 Å². The van der Waals surface area contributed by atoms with Crippen molar-refractivity contribution in [2.75, 3.05) is 19.8 Å². The molecule has 1 aromatic carbocycles. The topological polar surface area (TPSA) is 47.6 Å². The molecular weight excluding hydrogens is 297 g/mol. The molecule has 1 atom stereocenters. The SMILES string of the molecule is CCCCCCNC(c1ccccc1)P(=O)(OCC)OCC. The highest BCUT2D eigenvalue weighted by atomic mass is 31.2. The number of hydrogen-bond donors (Lipinski definition) is 1. The Balaban J connectivity index is 2.83. The molecule has 22 heavy (non-hydrogen) atoms. The van der Waals surface area contributed by atoms with Crippen molar-refractivity contribution < 1.29 is 13.6 Å². The number of hydrogen-bond acceptors (Lipinski definition) is 4. The standard InChI is InChI=1S/C17H30NO3P/c1-4-7-8-12-15-18-17(16-13-10-9-11-14-16)22(19,20-5-2)21-6-3/h9-11,13-14,17-18H,4-8,12,15H2,1-3H3. The van der Waals surface area contributed by atoms with Gasteiger partial charge in [-0.2, -0.15) is 0 Å². The fraction of sp³-hybridized carbons (Fsp3) is 0.647. The number of benzene rings is 1. The molecule has 0 aromatic heterocycles. The van der Waals surface area contributed by atoms with Gasteiger partial charge < -0.3 is 9.05 Å². The summed E-state index contributed by atoms with van der Waals surface area (Å²) in [6.07, 6.45) is 4.68. The van der Waals surface area contributed by atoms with Crippen molar-refractivity contribution in [3.05, 3.63) is 35.9 Å². The molecule has 0 heterocycles.